The van der Waals surface area contributed by atoms with Crippen molar-refractivity contribution in [1.82, 2.24) is 4.90 Å². The lowest BCUT2D eigenvalue weighted by atomic mass is 10.1. The average Bonchev–Trinajstić information content (AvgIpc) is 2.92. The molecule has 0 aromatic rings. The lowest BCUT2D eigenvalue weighted by Gasteiger charge is -2.32. The van der Waals surface area contributed by atoms with E-state index in [2.05, 4.69) is 32.6 Å². The molecular formula is C33H70NO4P. The fourth-order valence-corrected chi connectivity index (χ4v) is 6.20. The van der Waals surface area contributed by atoms with Crippen LogP contribution in [-0.4, -0.2) is 35.7 Å². The largest absolute Gasteiger partial charge is 0.473 e. The van der Waals surface area contributed by atoms with Gasteiger partial charge in [0, 0.05) is 13.1 Å². The van der Waals surface area contributed by atoms with Crippen molar-refractivity contribution >= 4 is 7.82 Å². The monoisotopic (exact) mass is 576 g/mol. The highest BCUT2D eigenvalue weighted by Crippen LogP contribution is 2.46. The number of rotatable bonds is 32. The van der Waals surface area contributed by atoms with E-state index in [4.69, 9.17) is 9.05 Å². The first kappa shape index (κ1) is 39.1. The summed E-state index contributed by atoms with van der Waals surface area (Å²) in [7, 11) is -4.08. The summed E-state index contributed by atoms with van der Waals surface area (Å²) in [6, 6.07) is 0. The van der Waals surface area contributed by atoms with Gasteiger partial charge in [-0.05, 0) is 32.1 Å². The molecule has 0 radical (unpaired) electrons. The Kier molecular flexibility index (Phi) is 29.6. The molecule has 0 saturated carbocycles. The van der Waals surface area contributed by atoms with Gasteiger partial charge in [-0.1, -0.05) is 156 Å². The summed E-state index contributed by atoms with van der Waals surface area (Å²) in [5.74, 6) is 0. The van der Waals surface area contributed by atoms with Gasteiger partial charge in [0.1, 0.15) is 6.23 Å². The van der Waals surface area contributed by atoms with E-state index in [1.165, 1.54) is 116 Å². The van der Waals surface area contributed by atoms with Crippen molar-refractivity contribution in [3.05, 3.63) is 0 Å². The van der Waals surface area contributed by atoms with Crippen LogP contribution in [0.3, 0.4) is 0 Å². The first-order chi connectivity index (χ1) is 19.0. The molecule has 0 rings (SSSR count). The maximum Gasteiger partial charge on any atom is 0.473 e. The smallest absolute Gasteiger partial charge is 0.302 e. The first-order valence-electron chi connectivity index (χ1n) is 17.4. The van der Waals surface area contributed by atoms with Crippen molar-refractivity contribution in [3.8, 4) is 0 Å². The van der Waals surface area contributed by atoms with Crippen molar-refractivity contribution in [1.29, 1.82) is 0 Å². The number of phosphoric acid groups is 1. The molecule has 2 unspecified atom stereocenters. The fraction of sp³-hybridized carbons (Fsp3) is 1.00. The van der Waals surface area contributed by atoms with Gasteiger partial charge in [0.05, 0.1) is 6.61 Å². The molecule has 0 fully saturated rings. The van der Waals surface area contributed by atoms with Crippen LogP contribution in [0.4, 0.5) is 0 Å². The van der Waals surface area contributed by atoms with Gasteiger partial charge >= 0.3 is 7.82 Å². The van der Waals surface area contributed by atoms with Crippen molar-refractivity contribution in [2.45, 2.75) is 194 Å². The normalized spacial score (nSPS) is 14.2. The SMILES string of the molecule is CCCCCCCCCOP(=O)(O)OC(CCCCCCC)N(CCCCCCCC)CCCCCCCC. The van der Waals surface area contributed by atoms with E-state index in [0.29, 0.717) is 6.61 Å². The number of hydrogen-bond acceptors (Lipinski definition) is 4. The van der Waals surface area contributed by atoms with Crippen molar-refractivity contribution in [3.63, 3.8) is 0 Å². The minimum absolute atomic E-state index is 0.305. The third-order valence-corrected chi connectivity index (χ3v) is 8.84. The Morgan fingerprint density at radius 3 is 1.33 bits per heavy atom. The van der Waals surface area contributed by atoms with Gasteiger partial charge in [-0.3, -0.25) is 13.9 Å². The van der Waals surface area contributed by atoms with Gasteiger partial charge in [0.15, 0.2) is 0 Å². The summed E-state index contributed by atoms with van der Waals surface area (Å²) in [5.41, 5.74) is 0. The third kappa shape index (κ3) is 26.7. The Balaban J connectivity index is 4.97. The van der Waals surface area contributed by atoms with Crippen LogP contribution in [-0.2, 0) is 13.6 Å². The molecule has 0 aromatic carbocycles. The van der Waals surface area contributed by atoms with Crippen molar-refractivity contribution < 1.29 is 18.5 Å². The summed E-state index contributed by atoms with van der Waals surface area (Å²) >= 11 is 0. The Bertz CT molecular complexity index is 518. The van der Waals surface area contributed by atoms with E-state index >= 15 is 0 Å². The van der Waals surface area contributed by atoms with Crippen LogP contribution >= 0.6 is 7.82 Å². The number of phosphoric ester groups is 1. The van der Waals surface area contributed by atoms with Crippen LogP contribution in [0.15, 0.2) is 0 Å². The highest BCUT2D eigenvalue weighted by Gasteiger charge is 2.30. The van der Waals surface area contributed by atoms with Crippen LogP contribution in [0, 0.1) is 0 Å². The van der Waals surface area contributed by atoms with Gasteiger partial charge in [0.25, 0.3) is 0 Å². The second-order valence-electron chi connectivity index (χ2n) is 11.8. The molecule has 5 nitrogen and oxygen atoms in total. The summed E-state index contributed by atoms with van der Waals surface area (Å²) in [4.78, 5) is 13.0. The van der Waals surface area contributed by atoms with Gasteiger partial charge < -0.3 is 4.89 Å². The lowest BCUT2D eigenvalue weighted by Crippen LogP contribution is -2.38. The van der Waals surface area contributed by atoms with Crippen molar-refractivity contribution in [2.24, 2.45) is 0 Å². The Hall–Kier alpha value is 0.0700. The second-order valence-corrected chi connectivity index (χ2v) is 13.2. The molecule has 0 aliphatic heterocycles. The lowest BCUT2D eigenvalue weighted by molar-refractivity contribution is -0.0135. The van der Waals surface area contributed by atoms with Gasteiger partial charge in [-0.2, -0.15) is 0 Å². The molecule has 6 heteroatoms. The van der Waals surface area contributed by atoms with Gasteiger partial charge in [-0.25, -0.2) is 4.57 Å². The predicted octanol–water partition coefficient (Wildman–Crippen LogP) is 11.6. The summed E-state index contributed by atoms with van der Waals surface area (Å²) < 4.78 is 24.5. The predicted molar refractivity (Wildman–Crippen MR) is 170 cm³/mol. The molecule has 0 aromatic heterocycles. The van der Waals surface area contributed by atoms with Crippen molar-refractivity contribution in [2.75, 3.05) is 19.7 Å². The molecular weight excluding hydrogens is 505 g/mol. The van der Waals surface area contributed by atoms with Crippen LogP contribution in [0.25, 0.3) is 0 Å². The zero-order valence-corrected chi connectivity index (χ0v) is 27.8. The van der Waals surface area contributed by atoms with E-state index in [1.54, 1.807) is 0 Å². The van der Waals surface area contributed by atoms with Gasteiger partial charge in [0.2, 0.25) is 0 Å². The number of unbranched alkanes of at least 4 members (excludes halogenated alkanes) is 20. The maximum absolute atomic E-state index is 13.0. The van der Waals surface area contributed by atoms with Crippen LogP contribution < -0.4 is 0 Å². The minimum Gasteiger partial charge on any atom is -0.302 e. The molecule has 0 spiro atoms. The number of nitrogens with zero attached hydrogens (tertiary/aromatic N) is 1. The highest BCUT2D eigenvalue weighted by atomic mass is 31.2. The Labute approximate surface area is 245 Å². The van der Waals surface area contributed by atoms with E-state index in [-0.39, 0.29) is 6.23 Å². The van der Waals surface area contributed by atoms with Crippen LogP contribution in [0.1, 0.15) is 188 Å². The zero-order chi connectivity index (χ0) is 28.9. The van der Waals surface area contributed by atoms with E-state index in [1.807, 2.05) is 0 Å². The summed E-state index contributed by atoms with van der Waals surface area (Å²) in [5, 5.41) is 0. The molecule has 236 valence electrons. The molecule has 39 heavy (non-hydrogen) atoms. The average molecular weight is 576 g/mol. The minimum atomic E-state index is -4.08. The van der Waals surface area contributed by atoms with Crippen LogP contribution in [0.2, 0.25) is 0 Å². The second kappa shape index (κ2) is 29.6. The summed E-state index contributed by atoms with van der Waals surface area (Å²) in [6.45, 7) is 11.2. The van der Waals surface area contributed by atoms with Crippen LogP contribution in [0.5, 0.6) is 0 Å². The fourth-order valence-electron chi connectivity index (χ4n) is 5.24. The molecule has 1 N–H and O–H groups in total. The summed E-state index contributed by atoms with van der Waals surface area (Å²) in [6.07, 6.45) is 29.5. The standard InChI is InChI=1S/C33H70NO4P/c1-5-9-13-17-20-24-28-32-37-39(35,36)38-33(29-25-21-16-12-8-4)34(30-26-22-18-14-10-6-2)31-27-23-19-15-11-7-3/h33H,5-32H2,1-4H3,(H,35,36). The molecule has 0 heterocycles. The first-order valence-corrected chi connectivity index (χ1v) is 18.9. The maximum atomic E-state index is 13.0. The number of hydrogen-bond donors (Lipinski definition) is 1. The van der Waals surface area contributed by atoms with E-state index in [9.17, 15) is 9.46 Å². The quantitative estimate of drug-likeness (QED) is 0.0491. The highest BCUT2D eigenvalue weighted by molar-refractivity contribution is 7.47. The third-order valence-electron chi connectivity index (χ3n) is 7.82. The topological polar surface area (TPSA) is 59.0 Å². The zero-order valence-electron chi connectivity index (χ0n) is 26.9. The Morgan fingerprint density at radius 2 is 0.897 bits per heavy atom. The molecule has 0 bridgehead atoms. The molecule has 2 atom stereocenters. The molecule has 0 saturated heterocycles. The Morgan fingerprint density at radius 1 is 0.538 bits per heavy atom. The molecule has 0 aliphatic rings. The van der Waals surface area contributed by atoms with E-state index in [0.717, 1.165) is 58.0 Å². The van der Waals surface area contributed by atoms with E-state index < -0.39 is 7.82 Å². The van der Waals surface area contributed by atoms with Gasteiger partial charge in [-0.15, -0.1) is 0 Å². The molecule has 0 aliphatic carbocycles. The molecule has 0 amide bonds.